The van der Waals surface area contributed by atoms with E-state index in [0.717, 1.165) is 51.6 Å². The largest absolute Gasteiger partial charge is 0.476 e. The molecule has 2 saturated heterocycles. The summed E-state index contributed by atoms with van der Waals surface area (Å²) >= 11 is 0. The number of nitrogens with zero attached hydrogens (tertiary/aromatic N) is 4. The van der Waals surface area contributed by atoms with Crippen LogP contribution in [0.15, 0.2) is 41.5 Å². The summed E-state index contributed by atoms with van der Waals surface area (Å²) < 4.78 is 16.9. The Morgan fingerprint density at radius 2 is 1.88 bits per heavy atom. The average Bonchev–Trinajstić information content (AvgIpc) is 2.85. The number of rotatable bonds is 9. The number of nitrogens with two attached hydrogens (primary N) is 1. The molecule has 0 unspecified atom stereocenters. The number of benzene rings is 1. The fourth-order valence-electron chi connectivity index (χ4n) is 3.67. The van der Waals surface area contributed by atoms with Crippen molar-refractivity contribution in [1.82, 2.24) is 9.88 Å². The van der Waals surface area contributed by atoms with E-state index in [1.807, 2.05) is 18.2 Å². The first kappa shape index (κ1) is 23.0. The van der Waals surface area contributed by atoms with Crippen molar-refractivity contribution in [1.29, 1.82) is 0 Å². The van der Waals surface area contributed by atoms with Gasteiger partial charge in [-0.15, -0.1) is 0 Å². The number of primary amides is 1. The molecule has 33 heavy (non-hydrogen) atoms. The van der Waals surface area contributed by atoms with E-state index in [1.165, 1.54) is 0 Å². The van der Waals surface area contributed by atoms with E-state index < -0.39 is 5.91 Å². The molecule has 2 aromatic rings. The molecule has 1 amide bonds. The topological polar surface area (TPSA) is 115 Å². The summed E-state index contributed by atoms with van der Waals surface area (Å²) in [5.74, 6) is 0.0748. The Bertz CT molecular complexity index is 958. The minimum Gasteiger partial charge on any atom is -0.476 e. The minimum atomic E-state index is -0.485. The number of carbonyl (C=O) groups is 1. The summed E-state index contributed by atoms with van der Waals surface area (Å²) in [6, 6.07) is 10.8. The Morgan fingerprint density at radius 3 is 2.64 bits per heavy atom. The van der Waals surface area contributed by atoms with Gasteiger partial charge in [0, 0.05) is 50.0 Å². The molecule has 10 nitrogen and oxygen atoms in total. The van der Waals surface area contributed by atoms with E-state index >= 15 is 0 Å². The summed E-state index contributed by atoms with van der Waals surface area (Å²) in [7, 11) is 0. The van der Waals surface area contributed by atoms with Crippen molar-refractivity contribution >= 4 is 23.5 Å². The van der Waals surface area contributed by atoms with Crippen molar-refractivity contribution in [2.24, 2.45) is 10.8 Å². The van der Waals surface area contributed by atoms with Crippen LogP contribution >= 0.6 is 0 Å². The number of morpholine rings is 2. The molecular formula is C23H30N6O4. The predicted molar refractivity (Wildman–Crippen MR) is 126 cm³/mol. The van der Waals surface area contributed by atoms with Gasteiger partial charge in [0.25, 0.3) is 0 Å². The maximum Gasteiger partial charge on any atom is 0.248 e. The van der Waals surface area contributed by atoms with Crippen LogP contribution in [0.4, 0.5) is 11.4 Å². The summed E-state index contributed by atoms with van der Waals surface area (Å²) in [4.78, 5) is 20.5. The highest BCUT2D eigenvalue weighted by atomic mass is 16.5. The molecule has 0 bridgehead atoms. The van der Waals surface area contributed by atoms with Crippen LogP contribution < -0.4 is 20.8 Å². The van der Waals surface area contributed by atoms with Crippen LogP contribution in [0.25, 0.3) is 0 Å². The number of amides is 1. The Morgan fingerprint density at radius 1 is 1.12 bits per heavy atom. The quantitative estimate of drug-likeness (QED) is 0.429. The van der Waals surface area contributed by atoms with Crippen LogP contribution in [0, 0.1) is 0 Å². The molecule has 2 aliphatic heterocycles. The highest BCUT2D eigenvalue weighted by Gasteiger charge is 2.15. The lowest BCUT2D eigenvalue weighted by molar-refractivity contribution is 0.0320. The van der Waals surface area contributed by atoms with Crippen LogP contribution in [0.5, 0.6) is 5.88 Å². The zero-order valence-corrected chi connectivity index (χ0v) is 18.6. The first-order valence-corrected chi connectivity index (χ1v) is 11.1. The van der Waals surface area contributed by atoms with Gasteiger partial charge in [-0.05, 0) is 24.3 Å². The lowest BCUT2D eigenvalue weighted by atomic mass is 10.2. The zero-order valence-electron chi connectivity index (χ0n) is 18.6. The second kappa shape index (κ2) is 11.6. The second-order valence-corrected chi connectivity index (χ2v) is 7.81. The normalized spacial score (nSPS) is 17.3. The van der Waals surface area contributed by atoms with E-state index in [9.17, 15) is 4.79 Å². The van der Waals surface area contributed by atoms with E-state index in [2.05, 4.69) is 25.3 Å². The minimum absolute atomic E-state index is 0.415. The number of hydrogen-bond acceptors (Lipinski definition) is 9. The maximum atomic E-state index is 11.4. The third-order valence-corrected chi connectivity index (χ3v) is 5.48. The first-order chi connectivity index (χ1) is 16.2. The molecule has 2 aliphatic rings. The van der Waals surface area contributed by atoms with Gasteiger partial charge in [-0.2, -0.15) is 5.10 Å². The third kappa shape index (κ3) is 6.88. The monoisotopic (exact) mass is 454 g/mol. The molecule has 4 rings (SSSR count). The van der Waals surface area contributed by atoms with Gasteiger partial charge in [0.2, 0.25) is 11.8 Å². The van der Waals surface area contributed by atoms with Gasteiger partial charge >= 0.3 is 0 Å². The Labute approximate surface area is 193 Å². The molecule has 1 aromatic carbocycles. The van der Waals surface area contributed by atoms with Gasteiger partial charge in [0.05, 0.1) is 44.0 Å². The van der Waals surface area contributed by atoms with Crippen LogP contribution in [0.1, 0.15) is 16.1 Å². The second-order valence-electron chi connectivity index (χ2n) is 7.81. The van der Waals surface area contributed by atoms with Crippen molar-refractivity contribution in [2.75, 3.05) is 76.1 Å². The highest BCUT2D eigenvalue weighted by molar-refractivity contribution is 5.93. The van der Waals surface area contributed by atoms with E-state index in [1.54, 1.807) is 24.4 Å². The molecule has 0 atom stereocenters. The van der Waals surface area contributed by atoms with Gasteiger partial charge in [-0.25, -0.2) is 4.98 Å². The Balaban J connectivity index is 1.44. The van der Waals surface area contributed by atoms with Crippen molar-refractivity contribution < 1.29 is 19.0 Å². The number of aromatic nitrogens is 1. The van der Waals surface area contributed by atoms with Crippen LogP contribution in [-0.2, 0) is 9.47 Å². The summed E-state index contributed by atoms with van der Waals surface area (Å²) in [5.41, 5.74) is 11.0. The van der Waals surface area contributed by atoms with Gasteiger partial charge in [-0.3, -0.25) is 15.1 Å². The molecule has 0 saturated carbocycles. The third-order valence-electron chi connectivity index (χ3n) is 5.48. The van der Waals surface area contributed by atoms with E-state index in [-0.39, 0.29) is 0 Å². The smallest absolute Gasteiger partial charge is 0.248 e. The number of nitrogens with one attached hydrogen (secondary N) is 1. The van der Waals surface area contributed by atoms with Crippen molar-refractivity contribution in [3.05, 3.63) is 47.7 Å². The molecule has 2 fully saturated rings. The van der Waals surface area contributed by atoms with E-state index in [4.69, 9.17) is 19.9 Å². The lowest BCUT2D eigenvalue weighted by Crippen LogP contribution is -2.38. The average molecular weight is 455 g/mol. The Kier molecular flexibility index (Phi) is 8.07. The predicted octanol–water partition coefficient (Wildman–Crippen LogP) is 1.17. The van der Waals surface area contributed by atoms with Crippen LogP contribution in [-0.4, -0.2) is 87.8 Å². The number of carbonyl (C=O) groups excluding carboxylic acids is 1. The number of anilines is 2. The zero-order chi connectivity index (χ0) is 22.9. The molecular weight excluding hydrogens is 424 g/mol. The van der Waals surface area contributed by atoms with Gasteiger partial charge in [0.15, 0.2) is 0 Å². The van der Waals surface area contributed by atoms with Crippen LogP contribution in [0.2, 0.25) is 0 Å². The molecule has 0 radical (unpaired) electrons. The SMILES string of the molecule is NC(=O)c1cccc(NN=Cc2cc(N3CCOCC3)cc(OCCN3CCOCC3)n2)c1. The van der Waals surface area contributed by atoms with Crippen molar-refractivity contribution in [3.8, 4) is 5.88 Å². The van der Waals surface area contributed by atoms with Gasteiger partial charge < -0.3 is 24.8 Å². The number of hydrazone groups is 1. The molecule has 0 spiro atoms. The summed E-state index contributed by atoms with van der Waals surface area (Å²) in [5, 5.41) is 4.28. The van der Waals surface area contributed by atoms with Gasteiger partial charge in [-0.1, -0.05) is 6.07 Å². The maximum absolute atomic E-state index is 11.4. The van der Waals surface area contributed by atoms with Crippen molar-refractivity contribution in [2.45, 2.75) is 0 Å². The fourth-order valence-corrected chi connectivity index (χ4v) is 3.67. The molecule has 3 N–H and O–H groups in total. The molecule has 0 aliphatic carbocycles. The Hall–Kier alpha value is -3.21. The van der Waals surface area contributed by atoms with Crippen molar-refractivity contribution in [3.63, 3.8) is 0 Å². The summed E-state index contributed by atoms with van der Waals surface area (Å²) in [6.45, 7) is 7.76. The van der Waals surface area contributed by atoms with E-state index in [0.29, 0.717) is 42.6 Å². The first-order valence-electron chi connectivity index (χ1n) is 11.1. The number of hydrogen-bond donors (Lipinski definition) is 2. The number of ether oxygens (including phenoxy) is 3. The standard InChI is InChI=1S/C23H30N6O4/c24-23(30)18-2-1-3-19(14-18)27-25-17-20-15-21(29-7-11-32-12-8-29)16-22(26-20)33-13-6-28-4-9-31-10-5-28/h1-3,14-17,27H,4-13H2,(H2,24,30). The number of pyridine rings is 1. The molecule has 3 heterocycles. The lowest BCUT2D eigenvalue weighted by Gasteiger charge is -2.29. The van der Waals surface area contributed by atoms with Crippen LogP contribution in [0.3, 0.4) is 0 Å². The molecule has 176 valence electrons. The summed E-state index contributed by atoms with van der Waals surface area (Å²) in [6.07, 6.45) is 1.63. The van der Waals surface area contributed by atoms with Gasteiger partial charge in [0.1, 0.15) is 6.61 Å². The fraction of sp³-hybridized carbons (Fsp3) is 0.435. The molecule has 10 heteroatoms. The molecule has 1 aromatic heterocycles. The highest BCUT2D eigenvalue weighted by Crippen LogP contribution is 2.22.